The minimum Gasteiger partial charge on any atom is -0.516 e. The molecule has 0 atom stereocenters. The van der Waals surface area contributed by atoms with Crippen LogP contribution >= 0.6 is 0 Å². The molecule has 2 heteroatoms. The van der Waals surface area contributed by atoms with E-state index in [-0.39, 0.29) is 11.1 Å². The number of piperidine rings is 1. The van der Waals surface area contributed by atoms with E-state index in [4.69, 9.17) is 5.11 Å². The van der Waals surface area contributed by atoms with E-state index in [0.717, 1.165) is 12.8 Å². The smallest absolute Gasteiger partial charge is 0.0754 e. The summed E-state index contributed by atoms with van der Waals surface area (Å²) in [5.74, 6) is 0.501. The van der Waals surface area contributed by atoms with Crippen molar-refractivity contribution in [3.05, 3.63) is 12.3 Å². The zero-order valence-corrected chi connectivity index (χ0v) is 10.0. The Labute approximate surface area is 87.6 Å². The first-order chi connectivity index (χ1) is 6.29. The first-order valence-corrected chi connectivity index (χ1v) is 5.34. The largest absolute Gasteiger partial charge is 0.516 e. The molecular weight excluding hydrogens is 174 g/mol. The molecule has 0 aromatic heterocycles. The molecule has 1 saturated heterocycles. The first kappa shape index (κ1) is 11.6. The number of aliphatic hydroxyl groups is 1. The van der Waals surface area contributed by atoms with Crippen molar-refractivity contribution in [1.29, 1.82) is 0 Å². The van der Waals surface area contributed by atoms with Gasteiger partial charge in [-0.3, -0.25) is 4.90 Å². The Morgan fingerprint density at radius 2 is 1.57 bits per heavy atom. The molecule has 0 spiro atoms. The fourth-order valence-corrected chi connectivity index (χ4v) is 2.71. The third kappa shape index (κ3) is 2.11. The fourth-order valence-electron chi connectivity index (χ4n) is 2.71. The third-order valence-electron chi connectivity index (χ3n) is 3.70. The van der Waals surface area contributed by atoms with E-state index >= 15 is 0 Å². The lowest BCUT2D eigenvalue weighted by atomic mass is 9.74. The summed E-state index contributed by atoms with van der Waals surface area (Å²) < 4.78 is 0. The molecule has 0 bridgehead atoms. The molecule has 82 valence electrons. The molecular formula is C12H23NO. The highest BCUT2D eigenvalue weighted by Gasteiger charge is 2.41. The van der Waals surface area contributed by atoms with Gasteiger partial charge in [0.1, 0.15) is 0 Å². The van der Waals surface area contributed by atoms with Crippen LogP contribution in [0.4, 0.5) is 0 Å². The van der Waals surface area contributed by atoms with Crippen molar-refractivity contribution in [1.82, 2.24) is 4.90 Å². The van der Waals surface area contributed by atoms with Crippen LogP contribution in [0.2, 0.25) is 0 Å². The van der Waals surface area contributed by atoms with Crippen LogP contribution < -0.4 is 0 Å². The summed E-state index contributed by atoms with van der Waals surface area (Å²) in [6.45, 7) is 9.08. The van der Waals surface area contributed by atoms with Crippen LogP contribution in [-0.4, -0.2) is 28.1 Å². The van der Waals surface area contributed by atoms with E-state index in [1.54, 1.807) is 0 Å². The Balaban J connectivity index is 2.86. The monoisotopic (exact) mass is 197 g/mol. The summed E-state index contributed by atoms with van der Waals surface area (Å²) in [7, 11) is 2.19. The Morgan fingerprint density at radius 3 is 1.93 bits per heavy atom. The second-order valence-corrected chi connectivity index (χ2v) is 5.69. The Morgan fingerprint density at radius 1 is 1.14 bits per heavy atom. The van der Waals surface area contributed by atoms with Gasteiger partial charge < -0.3 is 5.11 Å². The molecule has 1 aliphatic heterocycles. The molecule has 0 radical (unpaired) electrons. The molecule has 0 unspecified atom stereocenters. The van der Waals surface area contributed by atoms with Crippen LogP contribution in [0.3, 0.4) is 0 Å². The third-order valence-corrected chi connectivity index (χ3v) is 3.70. The number of nitrogens with zero attached hydrogens (tertiary/aromatic N) is 1. The predicted molar refractivity (Wildman–Crippen MR) is 60.4 cm³/mol. The van der Waals surface area contributed by atoms with Crippen LogP contribution in [-0.2, 0) is 0 Å². The molecule has 14 heavy (non-hydrogen) atoms. The van der Waals surface area contributed by atoms with Crippen molar-refractivity contribution in [2.45, 2.75) is 51.6 Å². The molecule has 1 N–H and O–H groups in total. The van der Waals surface area contributed by atoms with E-state index < -0.39 is 0 Å². The van der Waals surface area contributed by atoms with E-state index in [0.29, 0.717) is 5.92 Å². The Bertz CT molecular complexity index is 212. The molecule has 1 aliphatic rings. The van der Waals surface area contributed by atoms with E-state index in [2.05, 4.69) is 39.6 Å². The molecule has 1 fully saturated rings. The van der Waals surface area contributed by atoms with Gasteiger partial charge in [0.15, 0.2) is 0 Å². The zero-order valence-electron chi connectivity index (χ0n) is 10.0. The second kappa shape index (κ2) is 3.58. The SMILES string of the molecule is CN1C(C)(C)CC(C=CO)CC1(C)C. The van der Waals surface area contributed by atoms with Crippen molar-refractivity contribution < 1.29 is 5.11 Å². The maximum atomic E-state index is 8.83. The van der Waals surface area contributed by atoms with Crippen LogP contribution in [0.5, 0.6) is 0 Å². The number of hydrogen-bond acceptors (Lipinski definition) is 2. The summed E-state index contributed by atoms with van der Waals surface area (Å²) in [6.07, 6.45) is 5.35. The number of allylic oxidation sites excluding steroid dienone is 1. The summed E-state index contributed by atoms with van der Waals surface area (Å²) in [4.78, 5) is 2.45. The van der Waals surface area contributed by atoms with Crippen molar-refractivity contribution >= 4 is 0 Å². The van der Waals surface area contributed by atoms with E-state index in [9.17, 15) is 0 Å². The van der Waals surface area contributed by atoms with Gasteiger partial charge in [0.2, 0.25) is 0 Å². The number of rotatable bonds is 1. The Hall–Kier alpha value is -0.500. The van der Waals surface area contributed by atoms with Gasteiger partial charge in [-0.15, -0.1) is 0 Å². The standard InChI is InChI=1S/C12H23NO/c1-11(2)8-10(6-7-14)9-12(3,4)13(11)5/h6-7,10,14H,8-9H2,1-5H3. The topological polar surface area (TPSA) is 23.5 Å². The van der Waals surface area contributed by atoms with Crippen molar-refractivity contribution in [2.75, 3.05) is 7.05 Å². The molecule has 0 aromatic carbocycles. The highest BCUT2D eigenvalue weighted by Crippen LogP contribution is 2.40. The quantitative estimate of drug-likeness (QED) is 0.653. The second-order valence-electron chi connectivity index (χ2n) is 5.69. The van der Waals surface area contributed by atoms with Crippen molar-refractivity contribution in [2.24, 2.45) is 5.92 Å². The van der Waals surface area contributed by atoms with Crippen molar-refractivity contribution in [3.8, 4) is 0 Å². The minimum absolute atomic E-state index is 0.214. The zero-order chi connectivity index (χ0) is 11.0. The summed E-state index contributed by atoms with van der Waals surface area (Å²) in [6, 6.07) is 0. The van der Waals surface area contributed by atoms with Gasteiger partial charge in [-0.1, -0.05) is 0 Å². The molecule has 0 saturated carbocycles. The van der Waals surface area contributed by atoms with Crippen LogP contribution in [0.1, 0.15) is 40.5 Å². The lowest BCUT2D eigenvalue weighted by Crippen LogP contribution is -2.58. The van der Waals surface area contributed by atoms with E-state index in [1.165, 1.54) is 6.26 Å². The van der Waals surface area contributed by atoms with Gasteiger partial charge in [0.25, 0.3) is 0 Å². The van der Waals surface area contributed by atoms with Gasteiger partial charge in [0.05, 0.1) is 6.26 Å². The fraction of sp³-hybridized carbons (Fsp3) is 0.833. The van der Waals surface area contributed by atoms with Crippen LogP contribution in [0.25, 0.3) is 0 Å². The molecule has 1 rings (SSSR count). The highest BCUT2D eigenvalue weighted by molar-refractivity contribution is 5.02. The normalized spacial score (nSPS) is 28.4. The molecule has 0 amide bonds. The minimum atomic E-state index is 0.214. The molecule has 0 aromatic rings. The molecule has 0 aliphatic carbocycles. The maximum absolute atomic E-state index is 8.83. The first-order valence-electron chi connectivity index (χ1n) is 5.34. The summed E-state index contributed by atoms with van der Waals surface area (Å²) >= 11 is 0. The van der Waals surface area contributed by atoms with E-state index in [1.807, 2.05) is 6.08 Å². The summed E-state index contributed by atoms with van der Waals surface area (Å²) in [5.41, 5.74) is 0.428. The van der Waals surface area contributed by atoms with Crippen LogP contribution in [0.15, 0.2) is 12.3 Å². The molecule has 2 nitrogen and oxygen atoms in total. The van der Waals surface area contributed by atoms with Gasteiger partial charge in [0, 0.05) is 11.1 Å². The van der Waals surface area contributed by atoms with Gasteiger partial charge in [-0.2, -0.15) is 0 Å². The predicted octanol–water partition coefficient (Wildman–Crippen LogP) is 2.96. The van der Waals surface area contributed by atoms with Gasteiger partial charge in [-0.25, -0.2) is 0 Å². The van der Waals surface area contributed by atoms with Gasteiger partial charge >= 0.3 is 0 Å². The number of aliphatic hydroxyl groups excluding tert-OH is 1. The number of hydrogen-bond donors (Lipinski definition) is 1. The lowest BCUT2D eigenvalue weighted by Gasteiger charge is -2.53. The summed E-state index contributed by atoms with van der Waals surface area (Å²) in [5, 5.41) is 8.83. The average molecular weight is 197 g/mol. The Kier molecular flexibility index (Phi) is 2.96. The maximum Gasteiger partial charge on any atom is 0.0754 e. The van der Waals surface area contributed by atoms with Crippen molar-refractivity contribution in [3.63, 3.8) is 0 Å². The van der Waals surface area contributed by atoms with Crippen LogP contribution in [0, 0.1) is 5.92 Å². The van der Waals surface area contributed by atoms with Gasteiger partial charge in [-0.05, 0) is 59.6 Å². The molecule has 1 heterocycles. The highest BCUT2D eigenvalue weighted by atomic mass is 16.2. The lowest BCUT2D eigenvalue weighted by molar-refractivity contribution is -0.0197. The average Bonchev–Trinajstić information content (AvgIpc) is 1.99. The number of likely N-dealkylation sites (tertiary alicyclic amines) is 1.